The zero-order valence-corrected chi connectivity index (χ0v) is 13.6. The third kappa shape index (κ3) is 3.56. The molecule has 0 saturated carbocycles. The van der Waals surface area contributed by atoms with Gasteiger partial charge in [-0.2, -0.15) is 0 Å². The first kappa shape index (κ1) is 17.2. The molecule has 0 spiro atoms. The lowest BCUT2D eigenvalue weighted by molar-refractivity contribution is -0.121. The van der Waals surface area contributed by atoms with Crippen molar-refractivity contribution in [3.05, 3.63) is 59.7 Å². The van der Waals surface area contributed by atoms with Crippen LogP contribution in [-0.4, -0.2) is 58.1 Å². The van der Waals surface area contributed by atoms with Gasteiger partial charge in [0.15, 0.2) is 0 Å². The lowest BCUT2D eigenvalue weighted by Gasteiger charge is -2.13. The van der Waals surface area contributed by atoms with Crippen molar-refractivity contribution in [2.45, 2.75) is 0 Å². The topological polar surface area (TPSA) is 121 Å². The predicted molar refractivity (Wildman–Crippen MR) is 89.2 cm³/mol. The minimum Gasteiger partial charge on any atom is -0.353 e. The molecule has 0 atom stereocenters. The first-order chi connectivity index (χ1) is 12.6. The van der Waals surface area contributed by atoms with E-state index in [1.807, 2.05) is 0 Å². The number of aromatic nitrogens is 2. The summed E-state index contributed by atoms with van der Waals surface area (Å²) in [7, 11) is 0. The van der Waals surface area contributed by atoms with Crippen molar-refractivity contribution in [2.24, 2.45) is 0 Å². The van der Waals surface area contributed by atoms with Gasteiger partial charge in [0.25, 0.3) is 17.7 Å². The van der Waals surface area contributed by atoms with Crippen LogP contribution < -0.4 is 10.6 Å². The minimum atomic E-state index is -0.492. The standard InChI is InChI=1S/C17H15N5O4/c23-14(20-7-8-21-15(24)13-9-18-5-6-19-13)10-22-16(25)11-3-1-2-4-12(11)17(22)26/h1-6,9H,7-8,10H2,(H,20,23)(H,21,24). The quantitative estimate of drug-likeness (QED) is 0.539. The molecule has 1 aromatic heterocycles. The molecule has 26 heavy (non-hydrogen) atoms. The first-order valence-corrected chi connectivity index (χ1v) is 7.84. The van der Waals surface area contributed by atoms with Crippen molar-refractivity contribution in [2.75, 3.05) is 19.6 Å². The minimum absolute atomic E-state index is 0.147. The summed E-state index contributed by atoms with van der Waals surface area (Å²) in [5, 5.41) is 5.12. The van der Waals surface area contributed by atoms with E-state index in [-0.39, 0.29) is 25.3 Å². The number of nitrogens with one attached hydrogen (secondary N) is 2. The van der Waals surface area contributed by atoms with Gasteiger partial charge in [0, 0.05) is 25.5 Å². The molecule has 9 heteroatoms. The number of imide groups is 1. The predicted octanol–water partition coefficient (Wildman–Crippen LogP) is -0.381. The number of benzene rings is 1. The van der Waals surface area contributed by atoms with Crippen molar-refractivity contribution in [1.82, 2.24) is 25.5 Å². The Labute approximate surface area is 148 Å². The van der Waals surface area contributed by atoms with E-state index in [0.29, 0.717) is 11.1 Å². The van der Waals surface area contributed by atoms with E-state index in [2.05, 4.69) is 20.6 Å². The second-order valence-corrected chi connectivity index (χ2v) is 5.44. The number of carbonyl (C=O) groups excluding carboxylic acids is 4. The van der Waals surface area contributed by atoms with Crippen LogP contribution in [0.3, 0.4) is 0 Å². The Hall–Kier alpha value is -3.62. The Morgan fingerprint density at radius 1 is 0.962 bits per heavy atom. The molecule has 0 bridgehead atoms. The van der Waals surface area contributed by atoms with E-state index in [4.69, 9.17) is 0 Å². The molecule has 0 saturated heterocycles. The van der Waals surface area contributed by atoms with Gasteiger partial charge in [0.1, 0.15) is 12.2 Å². The molecule has 2 N–H and O–H groups in total. The summed E-state index contributed by atoms with van der Waals surface area (Å²) in [6.45, 7) is -0.0538. The monoisotopic (exact) mass is 353 g/mol. The molecule has 0 radical (unpaired) electrons. The van der Waals surface area contributed by atoms with Crippen LogP contribution in [-0.2, 0) is 4.79 Å². The Bertz CT molecular complexity index is 833. The second-order valence-electron chi connectivity index (χ2n) is 5.44. The molecule has 1 aromatic carbocycles. The molecule has 1 aliphatic heterocycles. The molecule has 2 aromatic rings. The number of amides is 4. The Kier molecular flexibility index (Phi) is 4.97. The van der Waals surface area contributed by atoms with Crippen LogP contribution in [0.5, 0.6) is 0 Å². The van der Waals surface area contributed by atoms with Gasteiger partial charge in [0.05, 0.1) is 17.3 Å². The van der Waals surface area contributed by atoms with Crippen LogP contribution in [0.1, 0.15) is 31.2 Å². The highest BCUT2D eigenvalue weighted by Gasteiger charge is 2.36. The molecular formula is C17H15N5O4. The lowest BCUT2D eigenvalue weighted by atomic mass is 10.1. The number of hydrogen-bond acceptors (Lipinski definition) is 6. The molecule has 9 nitrogen and oxygen atoms in total. The van der Waals surface area contributed by atoms with Crippen molar-refractivity contribution < 1.29 is 19.2 Å². The Morgan fingerprint density at radius 2 is 1.62 bits per heavy atom. The summed E-state index contributed by atoms with van der Waals surface area (Å²) in [5.41, 5.74) is 0.757. The van der Waals surface area contributed by atoms with Crippen LogP contribution in [0.4, 0.5) is 0 Å². The fourth-order valence-electron chi connectivity index (χ4n) is 2.47. The van der Waals surface area contributed by atoms with E-state index >= 15 is 0 Å². The van der Waals surface area contributed by atoms with Crippen LogP contribution in [0.15, 0.2) is 42.9 Å². The SMILES string of the molecule is O=C(CN1C(=O)c2ccccc2C1=O)NCCNC(=O)c1cnccn1. The third-order valence-electron chi connectivity index (χ3n) is 3.71. The molecule has 0 aliphatic carbocycles. The van der Waals surface area contributed by atoms with E-state index < -0.39 is 23.6 Å². The van der Waals surface area contributed by atoms with Gasteiger partial charge in [-0.3, -0.25) is 29.1 Å². The summed E-state index contributed by atoms with van der Waals surface area (Å²) in [5.74, 6) is -1.88. The highest BCUT2D eigenvalue weighted by Crippen LogP contribution is 2.21. The highest BCUT2D eigenvalue weighted by molar-refractivity contribution is 6.22. The molecular weight excluding hydrogens is 338 g/mol. The van der Waals surface area contributed by atoms with Crippen molar-refractivity contribution in [3.8, 4) is 0 Å². The van der Waals surface area contributed by atoms with E-state index in [1.165, 1.54) is 18.6 Å². The fraction of sp³-hybridized carbons (Fsp3) is 0.176. The zero-order valence-electron chi connectivity index (χ0n) is 13.6. The normalized spacial score (nSPS) is 12.7. The van der Waals surface area contributed by atoms with Crippen molar-refractivity contribution in [1.29, 1.82) is 0 Å². The Morgan fingerprint density at radius 3 is 2.23 bits per heavy atom. The van der Waals surface area contributed by atoms with Crippen LogP contribution in [0, 0.1) is 0 Å². The number of nitrogens with zero attached hydrogens (tertiary/aromatic N) is 3. The summed E-state index contributed by atoms with van der Waals surface area (Å²) in [4.78, 5) is 56.6. The summed E-state index contributed by atoms with van der Waals surface area (Å²) < 4.78 is 0. The molecule has 0 unspecified atom stereocenters. The number of carbonyl (C=O) groups is 4. The molecule has 3 rings (SSSR count). The highest BCUT2D eigenvalue weighted by atomic mass is 16.2. The first-order valence-electron chi connectivity index (χ1n) is 7.84. The molecule has 2 heterocycles. The number of fused-ring (bicyclic) bond motifs is 1. The van der Waals surface area contributed by atoms with Gasteiger partial charge >= 0.3 is 0 Å². The average Bonchev–Trinajstić information content (AvgIpc) is 2.91. The lowest BCUT2D eigenvalue weighted by Crippen LogP contribution is -2.42. The van der Waals surface area contributed by atoms with Gasteiger partial charge in [-0.1, -0.05) is 12.1 Å². The van der Waals surface area contributed by atoms with Gasteiger partial charge in [-0.15, -0.1) is 0 Å². The molecule has 4 amide bonds. The molecule has 132 valence electrons. The van der Waals surface area contributed by atoms with Gasteiger partial charge < -0.3 is 10.6 Å². The fourth-order valence-corrected chi connectivity index (χ4v) is 2.47. The van der Waals surface area contributed by atoms with E-state index in [1.54, 1.807) is 24.3 Å². The number of rotatable bonds is 6. The van der Waals surface area contributed by atoms with Gasteiger partial charge in [-0.05, 0) is 12.1 Å². The summed E-state index contributed by atoms with van der Waals surface area (Å²) in [6.07, 6.45) is 4.19. The smallest absolute Gasteiger partial charge is 0.271 e. The maximum Gasteiger partial charge on any atom is 0.271 e. The van der Waals surface area contributed by atoms with Gasteiger partial charge in [-0.25, -0.2) is 4.98 Å². The van der Waals surface area contributed by atoms with Crippen LogP contribution in [0.25, 0.3) is 0 Å². The maximum atomic E-state index is 12.2. The average molecular weight is 353 g/mol. The van der Waals surface area contributed by atoms with Crippen molar-refractivity contribution >= 4 is 23.6 Å². The Balaban J connectivity index is 1.45. The van der Waals surface area contributed by atoms with Crippen molar-refractivity contribution in [3.63, 3.8) is 0 Å². The molecule has 1 aliphatic rings. The second kappa shape index (κ2) is 7.51. The van der Waals surface area contributed by atoms with Crippen LogP contribution >= 0.6 is 0 Å². The maximum absolute atomic E-state index is 12.2. The largest absolute Gasteiger partial charge is 0.353 e. The summed E-state index contributed by atoms with van der Waals surface area (Å²) in [6, 6.07) is 6.42. The van der Waals surface area contributed by atoms with Gasteiger partial charge in [0.2, 0.25) is 5.91 Å². The third-order valence-corrected chi connectivity index (χ3v) is 3.71. The number of hydrogen-bond donors (Lipinski definition) is 2. The van der Waals surface area contributed by atoms with E-state index in [9.17, 15) is 19.2 Å². The van der Waals surface area contributed by atoms with Crippen LogP contribution in [0.2, 0.25) is 0 Å². The molecule has 0 fully saturated rings. The van der Waals surface area contributed by atoms with E-state index in [0.717, 1.165) is 4.90 Å². The zero-order chi connectivity index (χ0) is 18.5. The summed E-state index contributed by atoms with van der Waals surface area (Å²) >= 11 is 0.